The molecule has 0 bridgehead atoms. The van der Waals surface area contributed by atoms with Gasteiger partial charge in [0.1, 0.15) is 48.3 Å². The number of nitrogens with zero attached hydrogens (tertiary/aromatic N) is 5. The number of carbonyl (C=O) groups excluding carboxylic acids is 1. The Kier molecular flexibility index (Phi) is 6.09. The van der Waals surface area contributed by atoms with Crippen LogP contribution >= 0.6 is 0 Å². The molecule has 1 aliphatic rings. The molecule has 1 amide bonds. The zero-order valence-electron chi connectivity index (χ0n) is 16.7. The van der Waals surface area contributed by atoms with Crippen molar-refractivity contribution < 1.29 is 34.0 Å². The third-order valence-electron chi connectivity index (χ3n) is 5.10. The van der Waals surface area contributed by atoms with Crippen LogP contribution in [0.15, 0.2) is 30.7 Å². The van der Waals surface area contributed by atoms with E-state index in [0.717, 1.165) is 13.2 Å². The summed E-state index contributed by atoms with van der Waals surface area (Å²) in [5, 5.41) is 47.6. The van der Waals surface area contributed by atoms with Crippen molar-refractivity contribution in [1.29, 1.82) is 0 Å². The molecule has 5 atom stereocenters. The average molecular weight is 449 g/mol. The van der Waals surface area contributed by atoms with Gasteiger partial charge in [-0.25, -0.2) is 18.9 Å². The molecule has 3 heterocycles. The Morgan fingerprint density at radius 3 is 2.84 bits per heavy atom. The lowest BCUT2D eigenvalue weighted by Gasteiger charge is -2.41. The van der Waals surface area contributed by atoms with Gasteiger partial charge >= 0.3 is 6.09 Å². The number of ether oxygens (including phenoxy) is 2. The van der Waals surface area contributed by atoms with Crippen molar-refractivity contribution in [2.45, 2.75) is 30.5 Å². The second-order valence-corrected chi connectivity index (χ2v) is 7.02. The van der Waals surface area contributed by atoms with E-state index in [4.69, 9.17) is 4.74 Å². The molecule has 0 spiro atoms. The highest BCUT2D eigenvalue weighted by atomic mass is 19.1. The SMILES string of the molecule is COC(=O)Nc1ccc(-c2cn([C@H]3[C@@H](O)[C@@H](CO)O[C@@H](c4ncn[nH]4)[C@@H]3O)nn2)cc1F. The van der Waals surface area contributed by atoms with Crippen LogP contribution in [0.2, 0.25) is 0 Å². The maximum absolute atomic E-state index is 14.4. The van der Waals surface area contributed by atoms with Gasteiger partial charge in [0.15, 0.2) is 5.82 Å². The first kappa shape index (κ1) is 21.8. The highest BCUT2D eigenvalue weighted by Gasteiger charge is 2.47. The molecule has 5 N–H and O–H groups in total. The van der Waals surface area contributed by atoms with Crippen LogP contribution in [0.5, 0.6) is 0 Å². The zero-order valence-corrected chi connectivity index (χ0v) is 16.7. The van der Waals surface area contributed by atoms with Gasteiger partial charge in [-0.2, -0.15) is 5.10 Å². The van der Waals surface area contributed by atoms with Crippen LogP contribution in [0, 0.1) is 5.82 Å². The summed E-state index contributed by atoms with van der Waals surface area (Å²) in [4.78, 5) is 15.2. The monoisotopic (exact) mass is 449 g/mol. The predicted octanol–water partition coefficient (Wildman–Crippen LogP) is -0.224. The number of benzene rings is 1. The van der Waals surface area contributed by atoms with E-state index in [0.29, 0.717) is 5.56 Å². The standard InChI is InChI=1S/C18H20FN7O6/c1-31-18(30)22-10-3-2-8(4-9(10)19)11-5-26(25-23-11)13-14(28)12(6-27)32-16(15(13)29)17-20-7-21-24-17/h2-5,7,12-16,27-29H,6H2,1H3,(H,22,30)(H,20,21,24)/t12-,13+,14+,15-,16-/m1/s1. The van der Waals surface area contributed by atoms with E-state index in [1.165, 1.54) is 29.3 Å². The highest BCUT2D eigenvalue weighted by molar-refractivity contribution is 5.85. The van der Waals surface area contributed by atoms with E-state index in [-0.39, 0.29) is 17.2 Å². The number of aliphatic hydroxyl groups excluding tert-OH is 3. The molecule has 1 aliphatic heterocycles. The van der Waals surface area contributed by atoms with Crippen LogP contribution in [-0.2, 0) is 9.47 Å². The van der Waals surface area contributed by atoms with Crippen LogP contribution in [0.1, 0.15) is 18.0 Å². The number of carbonyl (C=O) groups is 1. The number of methoxy groups -OCH3 is 1. The fourth-order valence-electron chi connectivity index (χ4n) is 3.48. The van der Waals surface area contributed by atoms with Crippen LogP contribution < -0.4 is 5.32 Å². The highest BCUT2D eigenvalue weighted by Crippen LogP contribution is 2.37. The van der Waals surface area contributed by atoms with E-state index in [2.05, 4.69) is 35.5 Å². The average Bonchev–Trinajstić information content (AvgIpc) is 3.48. The van der Waals surface area contributed by atoms with Crippen LogP contribution in [0.25, 0.3) is 11.3 Å². The lowest BCUT2D eigenvalue weighted by atomic mass is 9.92. The van der Waals surface area contributed by atoms with E-state index in [9.17, 15) is 24.5 Å². The Bertz CT molecular complexity index is 1080. The Hall–Kier alpha value is -3.46. The Labute approximate surface area is 179 Å². The van der Waals surface area contributed by atoms with E-state index >= 15 is 0 Å². The topological polar surface area (TPSA) is 181 Å². The quantitative estimate of drug-likeness (QED) is 0.349. The number of aromatic amines is 1. The number of rotatable bonds is 5. The Morgan fingerprint density at radius 2 is 2.19 bits per heavy atom. The molecular weight excluding hydrogens is 429 g/mol. The molecule has 1 aromatic carbocycles. The van der Waals surface area contributed by atoms with Crippen molar-refractivity contribution in [3.8, 4) is 11.3 Å². The molecular formula is C18H20FN7O6. The van der Waals surface area contributed by atoms with Crippen molar-refractivity contribution >= 4 is 11.8 Å². The summed E-state index contributed by atoms with van der Waals surface area (Å²) >= 11 is 0. The maximum Gasteiger partial charge on any atom is 0.411 e. The van der Waals surface area contributed by atoms with Crippen LogP contribution in [0.4, 0.5) is 14.9 Å². The first-order chi connectivity index (χ1) is 15.4. The minimum absolute atomic E-state index is 0.0797. The van der Waals surface area contributed by atoms with Gasteiger partial charge in [-0.15, -0.1) is 5.10 Å². The van der Waals surface area contributed by atoms with Crippen molar-refractivity contribution in [2.75, 3.05) is 19.0 Å². The van der Waals surface area contributed by atoms with Gasteiger partial charge in [-0.05, 0) is 12.1 Å². The van der Waals surface area contributed by atoms with Gasteiger partial charge in [0, 0.05) is 5.56 Å². The summed E-state index contributed by atoms with van der Waals surface area (Å²) in [5.74, 6) is -0.511. The summed E-state index contributed by atoms with van der Waals surface area (Å²) in [6, 6.07) is 2.93. The van der Waals surface area contributed by atoms with Gasteiger partial charge in [0.25, 0.3) is 0 Å². The molecule has 0 aliphatic carbocycles. The third kappa shape index (κ3) is 4.03. The molecule has 1 saturated heterocycles. The summed E-state index contributed by atoms with van der Waals surface area (Å²) in [6.07, 6.45) is -2.86. The van der Waals surface area contributed by atoms with Crippen molar-refractivity contribution in [3.05, 3.63) is 42.4 Å². The molecule has 0 saturated carbocycles. The fourth-order valence-corrected chi connectivity index (χ4v) is 3.48. The Balaban J connectivity index is 1.61. The number of H-pyrrole nitrogens is 1. The van der Waals surface area contributed by atoms with Crippen molar-refractivity contribution in [2.24, 2.45) is 0 Å². The smallest absolute Gasteiger partial charge is 0.411 e. The van der Waals surface area contributed by atoms with Crippen molar-refractivity contribution in [1.82, 2.24) is 30.2 Å². The van der Waals surface area contributed by atoms with E-state index in [1.54, 1.807) is 0 Å². The lowest BCUT2D eigenvalue weighted by Crippen LogP contribution is -2.53. The normalized spacial score (nSPS) is 25.5. The molecule has 14 heteroatoms. The molecule has 13 nitrogen and oxygen atoms in total. The molecule has 32 heavy (non-hydrogen) atoms. The molecule has 4 rings (SSSR count). The maximum atomic E-state index is 14.4. The molecule has 0 unspecified atom stereocenters. The first-order valence-electron chi connectivity index (χ1n) is 9.47. The number of aromatic nitrogens is 6. The minimum Gasteiger partial charge on any atom is -0.453 e. The predicted molar refractivity (Wildman–Crippen MR) is 104 cm³/mol. The van der Waals surface area contributed by atoms with Gasteiger partial charge in [0.05, 0.1) is 25.6 Å². The van der Waals surface area contributed by atoms with Gasteiger partial charge in [-0.1, -0.05) is 11.3 Å². The van der Waals surface area contributed by atoms with E-state index < -0.39 is 49.0 Å². The van der Waals surface area contributed by atoms with Crippen LogP contribution in [-0.4, -0.2) is 83.6 Å². The number of anilines is 1. The number of hydrogen-bond acceptors (Lipinski definition) is 10. The second-order valence-electron chi connectivity index (χ2n) is 7.02. The van der Waals surface area contributed by atoms with E-state index in [1.807, 2.05) is 0 Å². The second kappa shape index (κ2) is 8.96. The number of halogens is 1. The molecule has 1 fully saturated rings. The summed E-state index contributed by atoms with van der Waals surface area (Å²) in [6.45, 7) is -0.517. The summed E-state index contributed by atoms with van der Waals surface area (Å²) < 4.78 is 25.6. The lowest BCUT2D eigenvalue weighted by molar-refractivity contribution is -0.210. The molecule has 170 valence electrons. The van der Waals surface area contributed by atoms with Crippen LogP contribution in [0.3, 0.4) is 0 Å². The number of hydrogen-bond donors (Lipinski definition) is 5. The largest absolute Gasteiger partial charge is 0.453 e. The van der Waals surface area contributed by atoms with Gasteiger partial charge in [0.2, 0.25) is 0 Å². The molecule has 0 radical (unpaired) electrons. The molecule has 2 aromatic heterocycles. The van der Waals surface area contributed by atoms with Crippen molar-refractivity contribution in [3.63, 3.8) is 0 Å². The first-order valence-corrected chi connectivity index (χ1v) is 9.47. The minimum atomic E-state index is -1.33. The van der Waals surface area contributed by atoms with Gasteiger partial charge < -0.3 is 24.8 Å². The third-order valence-corrected chi connectivity index (χ3v) is 5.10. The number of nitrogens with one attached hydrogen (secondary N) is 2. The van der Waals surface area contributed by atoms with Gasteiger partial charge in [-0.3, -0.25) is 10.4 Å². The Morgan fingerprint density at radius 1 is 1.38 bits per heavy atom. The molecule has 3 aromatic rings. The fraction of sp³-hybridized carbons (Fsp3) is 0.389. The summed E-state index contributed by atoms with van der Waals surface area (Å²) in [5.41, 5.74) is 0.505. The number of amides is 1. The summed E-state index contributed by atoms with van der Waals surface area (Å²) in [7, 11) is 1.16. The number of aliphatic hydroxyl groups is 3. The zero-order chi connectivity index (χ0) is 22.8.